The summed E-state index contributed by atoms with van der Waals surface area (Å²) in [5.74, 6) is 0.258. The molecule has 17 heavy (non-hydrogen) atoms. The van der Waals surface area contributed by atoms with Gasteiger partial charge in [-0.25, -0.2) is 0 Å². The Kier molecular flexibility index (Phi) is 5.88. The molecule has 0 saturated heterocycles. The van der Waals surface area contributed by atoms with Crippen LogP contribution < -0.4 is 11.1 Å². The van der Waals surface area contributed by atoms with Crippen LogP contribution in [0, 0.1) is 9.49 Å². The SMILES string of the molecule is CC(C)C(N)CC(=O)Nc1cc(I)ccc1Br. The second-order valence-electron chi connectivity index (χ2n) is 4.28. The van der Waals surface area contributed by atoms with Gasteiger partial charge >= 0.3 is 0 Å². The fourth-order valence-electron chi connectivity index (χ4n) is 1.24. The predicted octanol–water partition coefficient (Wildman–Crippen LogP) is 3.37. The predicted molar refractivity (Wildman–Crippen MR) is 82.9 cm³/mol. The average Bonchev–Trinajstić information content (AvgIpc) is 2.23. The number of amides is 1. The highest BCUT2D eigenvalue weighted by Crippen LogP contribution is 2.24. The van der Waals surface area contributed by atoms with E-state index in [1.807, 2.05) is 32.0 Å². The number of benzene rings is 1. The molecule has 94 valence electrons. The molecule has 0 spiro atoms. The molecule has 0 aliphatic heterocycles. The van der Waals surface area contributed by atoms with Crippen molar-refractivity contribution in [2.45, 2.75) is 26.3 Å². The van der Waals surface area contributed by atoms with E-state index in [-0.39, 0.29) is 11.9 Å². The minimum atomic E-state index is -0.100. The van der Waals surface area contributed by atoms with Crippen molar-refractivity contribution < 1.29 is 4.79 Å². The summed E-state index contributed by atoms with van der Waals surface area (Å²) in [7, 11) is 0. The summed E-state index contributed by atoms with van der Waals surface area (Å²) in [4.78, 5) is 11.8. The van der Waals surface area contributed by atoms with Crippen LogP contribution in [0.3, 0.4) is 0 Å². The largest absolute Gasteiger partial charge is 0.327 e. The lowest BCUT2D eigenvalue weighted by Gasteiger charge is -2.15. The van der Waals surface area contributed by atoms with Crippen molar-refractivity contribution >= 4 is 50.1 Å². The second-order valence-corrected chi connectivity index (χ2v) is 6.38. The van der Waals surface area contributed by atoms with Crippen LogP contribution in [0.25, 0.3) is 0 Å². The number of rotatable bonds is 4. The standard InChI is InChI=1S/C12H16BrIN2O/c1-7(2)10(15)6-12(17)16-11-5-8(14)3-4-9(11)13/h3-5,7,10H,6,15H2,1-2H3,(H,16,17). The molecule has 0 aromatic heterocycles. The average molecular weight is 411 g/mol. The van der Waals surface area contributed by atoms with Crippen molar-refractivity contribution in [3.63, 3.8) is 0 Å². The van der Waals surface area contributed by atoms with Gasteiger partial charge in [0.1, 0.15) is 0 Å². The number of nitrogens with one attached hydrogen (secondary N) is 1. The Hall–Kier alpha value is -0.140. The van der Waals surface area contributed by atoms with Crippen LogP contribution in [0.4, 0.5) is 5.69 Å². The first-order valence-corrected chi connectivity index (χ1v) is 7.28. The molecule has 0 aliphatic rings. The van der Waals surface area contributed by atoms with E-state index in [4.69, 9.17) is 5.73 Å². The Morgan fingerprint density at radius 1 is 1.53 bits per heavy atom. The van der Waals surface area contributed by atoms with Gasteiger partial charge in [-0.2, -0.15) is 0 Å². The van der Waals surface area contributed by atoms with E-state index < -0.39 is 0 Å². The zero-order chi connectivity index (χ0) is 13.0. The molecule has 0 fully saturated rings. The van der Waals surface area contributed by atoms with Crippen LogP contribution in [0.5, 0.6) is 0 Å². The molecule has 0 radical (unpaired) electrons. The third kappa shape index (κ3) is 4.93. The highest BCUT2D eigenvalue weighted by molar-refractivity contribution is 14.1. The van der Waals surface area contributed by atoms with Gasteiger partial charge in [-0.3, -0.25) is 4.79 Å². The third-order valence-electron chi connectivity index (χ3n) is 2.48. The number of carbonyl (C=O) groups excluding carboxylic acids is 1. The van der Waals surface area contributed by atoms with Crippen molar-refractivity contribution in [1.82, 2.24) is 0 Å². The van der Waals surface area contributed by atoms with Gasteiger partial charge in [0.2, 0.25) is 5.91 Å². The van der Waals surface area contributed by atoms with Crippen LogP contribution in [-0.4, -0.2) is 11.9 Å². The van der Waals surface area contributed by atoms with E-state index >= 15 is 0 Å². The third-order valence-corrected chi connectivity index (χ3v) is 3.84. The highest BCUT2D eigenvalue weighted by Gasteiger charge is 2.13. The molecule has 3 nitrogen and oxygen atoms in total. The highest BCUT2D eigenvalue weighted by atomic mass is 127. The molecule has 1 rings (SSSR count). The van der Waals surface area contributed by atoms with Gasteiger partial charge in [0.25, 0.3) is 0 Å². The summed E-state index contributed by atoms with van der Waals surface area (Å²) in [6, 6.07) is 5.71. The molecule has 0 saturated carbocycles. The van der Waals surface area contributed by atoms with Gasteiger partial charge in [-0.1, -0.05) is 13.8 Å². The summed E-state index contributed by atoms with van der Waals surface area (Å²) in [6.07, 6.45) is 0.343. The van der Waals surface area contributed by atoms with Gasteiger partial charge in [-0.15, -0.1) is 0 Å². The van der Waals surface area contributed by atoms with E-state index in [0.29, 0.717) is 12.3 Å². The molecule has 1 amide bonds. The Morgan fingerprint density at radius 2 is 2.18 bits per heavy atom. The van der Waals surface area contributed by atoms with Crippen molar-refractivity contribution in [2.24, 2.45) is 11.7 Å². The molecule has 5 heteroatoms. The van der Waals surface area contributed by atoms with Crippen molar-refractivity contribution in [1.29, 1.82) is 0 Å². The summed E-state index contributed by atoms with van der Waals surface area (Å²) in [6.45, 7) is 4.03. The molecule has 1 aromatic rings. The monoisotopic (exact) mass is 410 g/mol. The van der Waals surface area contributed by atoms with Gasteiger partial charge < -0.3 is 11.1 Å². The number of nitrogens with two attached hydrogens (primary N) is 1. The van der Waals surface area contributed by atoms with Crippen LogP contribution in [0.15, 0.2) is 22.7 Å². The molecular weight excluding hydrogens is 395 g/mol. The zero-order valence-electron chi connectivity index (χ0n) is 9.84. The topological polar surface area (TPSA) is 55.1 Å². The number of hydrogen-bond acceptors (Lipinski definition) is 2. The fraction of sp³-hybridized carbons (Fsp3) is 0.417. The van der Waals surface area contributed by atoms with Crippen molar-refractivity contribution in [2.75, 3.05) is 5.32 Å². The maximum Gasteiger partial charge on any atom is 0.225 e. The van der Waals surface area contributed by atoms with Crippen LogP contribution in [0.2, 0.25) is 0 Å². The van der Waals surface area contributed by atoms with E-state index in [2.05, 4.69) is 43.8 Å². The summed E-state index contributed by atoms with van der Waals surface area (Å²) < 4.78 is 1.96. The summed E-state index contributed by atoms with van der Waals surface area (Å²) >= 11 is 5.61. The molecule has 1 aromatic carbocycles. The second kappa shape index (κ2) is 6.70. The van der Waals surface area contributed by atoms with E-state index in [9.17, 15) is 4.79 Å². The van der Waals surface area contributed by atoms with Gasteiger partial charge in [0, 0.05) is 20.5 Å². The van der Waals surface area contributed by atoms with Crippen LogP contribution in [0.1, 0.15) is 20.3 Å². The van der Waals surface area contributed by atoms with Gasteiger partial charge in [-0.05, 0) is 62.6 Å². The lowest BCUT2D eigenvalue weighted by atomic mass is 10.0. The molecule has 1 atom stereocenters. The summed E-state index contributed by atoms with van der Waals surface area (Å²) in [5.41, 5.74) is 6.65. The first kappa shape index (κ1) is 14.9. The number of anilines is 1. The Morgan fingerprint density at radius 3 is 2.76 bits per heavy atom. The minimum Gasteiger partial charge on any atom is -0.327 e. The van der Waals surface area contributed by atoms with Gasteiger partial charge in [0.15, 0.2) is 0 Å². The van der Waals surface area contributed by atoms with Crippen molar-refractivity contribution in [3.05, 3.63) is 26.2 Å². The first-order valence-electron chi connectivity index (χ1n) is 5.40. The smallest absolute Gasteiger partial charge is 0.225 e. The molecule has 1 unspecified atom stereocenters. The summed E-state index contributed by atoms with van der Waals surface area (Å²) in [5, 5.41) is 2.87. The van der Waals surface area contributed by atoms with Crippen LogP contribution >= 0.6 is 38.5 Å². The maximum absolute atomic E-state index is 11.8. The Labute approximate surface area is 124 Å². The lowest BCUT2D eigenvalue weighted by Crippen LogP contribution is -2.31. The molecule has 3 N–H and O–H groups in total. The number of halogens is 2. The van der Waals surface area contributed by atoms with E-state index in [1.165, 1.54) is 0 Å². The quantitative estimate of drug-likeness (QED) is 0.747. The zero-order valence-corrected chi connectivity index (χ0v) is 13.6. The normalized spacial score (nSPS) is 12.6. The van der Waals surface area contributed by atoms with Gasteiger partial charge in [0.05, 0.1) is 5.69 Å². The fourth-order valence-corrected chi connectivity index (χ4v) is 2.08. The van der Waals surface area contributed by atoms with E-state index in [1.54, 1.807) is 0 Å². The Bertz CT molecular complexity index is 409. The minimum absolute atomic E-state index is 0.0473. The molecule has 0 heterocycles. The molecule has 0 aliphatic carbocycles. The lowest BCUT2D eigenvalue weighted by molar-refractivity contribution is -0.116. The van der Waals surface area contributed by atoms with E-state index in [0.717, 1.165) is 13.7 Å². The Balaban J connectivity index is 2.65. The first-order chi connectivity index (χ1) is 7.90. The van der Waals surface area contributed by atoms with Crippen molar-refractivity contribution in [3.8, 4) is 0 Å². The number of carbonyl (C=O) groups is 1. The number of hydrogen-bond donors (Lipinski definition) is 2. The molecular formula is C12H16BrIN2O. The van der Waals surface area contributed by atoms with Crippen LogP contribution in [-0.2, 0) is 4.79 Å². The maximum atomic E-state index is 11.8. The molecule has 0 bridgehead atoms.